The van der Waals surface area contributed by atoms with Gasteiger partial charge in [0.05, 0.1) is 9.79 Å². The molecule has 194 valence electrons. The Morgan fingerprint density at radius 2 is 0.744 bits per heavy atom. The van der Waals surface area contributed by atoms with Crippen LogP contribution in [0, 0.1) is 0 Å². The average Bonchev–Trinajstić information content (AvgIpc) is 2.96. The van der Waals surface area contributed by atoms with Crippen molar-refractivity contribution in [2.24, 2.45) is 0 Å². The maximum absolute atomic E-state index is 12.1. The maximum atomic E-state index is 12.1. The van der Waals surface area contributed by atoms with Crippen LogP contribution in [0.15, 0.2) is 143 Å². The van der Waals surface area contributed by atoms with E-state index in [1.165, 1.54) is 58.7 Å². The average molecular weight is 550 g/mol. The molecule has 0 saturated heterocycles. The Morgan fingerprint density at radius 1 is 0.462 bits per heavy atom. The van der Waals surface area contributed by atoms with E-state index in [1.54, 1.807) is 0 Å². The smallest absolute Gasteiger partial charge is 0.872 e. The Balaban J connectivity index is 0.000000351. The maximum Gasteiger partial charge on any atom is 1.00 e. The second kappa shape index (κ2) is 16.3. The Labute approximate surface area is 251 Å². The molecule has 6 nitrogen and oxygen atoms in total. The monoisotopic (exact) mass is 549 g/mol. The van der Waals surface area contributed by atoms with Crippen molar-refractivity contribution < 1.29 is 53.0 Å². The Morgan fingerprint density at radius 3 is 1.08 bits per heavy atom. The normalized spacial score (nSPS) is 9.74. The minimum atomic E-state index is -4.03. The number of carbonyl (C=O) groups excluding carboxylic acids is 1. The van der Waals surface area contributed by atoms with Crippen LogP contribution in [0.3, 0.4) is 0 Å². The molecule has 0 unspecified atom stereocenters. The molecular formula is C31H28NNaO5S. The molecule has 0 amide bonds. The van der Waals surface area contributed by atoms with E-state index in [0.29, 0.717) is 0 Å². The van der Waals surface area contributed by atoms with Crippen LogP contribution in [-0.2, 0) is 14.6 Å². The standard InChI is InChI=1S/C18H14.C12H10O4S.CH2O.H3N.Na/c1-3-9-15(10-4-1)17-13-7-8-14-18(17)16-11-5-2-6-12-16;13-9-5-1-3-7-11(9)17(15,16)12-8-4-2-6-10(12)14;1-2;;/h1-14H;1-8,13-14H;1H2;1H3;/q;;;;+1/p-1. The Bertz CT molecular complexity index is 1440. The molecule has 0 spiro atoms. The summed E-state index contributed by atoms with van der Waals surface area (Å²) >= 11 is 0. The minimum Gasteiger partial charge on any atom is -0.872 e. The predicted octanol–water partition coefficient (Wildman–Crippen LogP) is 2.88. The summed E-state index contributed by atoms with van der Waals surface area (Å²) in [6.07, 6.45) is 0. The third-order valence-electron chi connectivity index (χ3n) is 5.37. The molecular weight excluding hydrogens is 521 g/mol. The number of rotatable bonds is 4. The fourth-order valence-corrected chi connectivity index (χ4v) is 5.10. The number of sulfone groups is 1. The van der Waals surface area contributed by atoms with Crippen molar-refractivity contribution in [1.29, 1.82) is 0 Å². The molecule has 0 aliphatic rings. The molecule has 0 aliphatic heterocycles. The third-order valence-corrected chi connectivity index (χ3v) is 7.21. The number of benzene rings is 5. The van der Waals surface area contributed by atoms with Gasteiger partial charge in [0.25, 0.3) is 0 Å². The molecule has 5 aromatic carbocycles. The van der Waals surface area contributed by atoms with Crippen molar-refractivity contribution in [3.8, 4) is 33.8 Å². The molecule has 0 aromatic heterocycles. The van der Waals surface area contributed by atoms with Gasteiger partial charge in [0, 0.05) is 0 Å². The number of para-hydroxylation sites is 2. The van der Waals surface area contributed by atoms with Crippen LogP contribution >= 0.6 is 0 Å². The second-order valence-electron chi connectivity index (χ2n) is 7.67. The molecule has 5 aromatic rings. The van der Waals surface area contributed by atoms with Crippen LogP contribution in [-0.4, -0.2) is 15.2 Å². The molecule has 8 heteroatoms. The quantitative estimate of drug-likeness (QED) is 0.344. The van der Waals surface area contributed by atoms with Crippen LogP contribution in [0.25, 0.3) is 22.3 Å². The molecule has 5 rings (SSSR count). The first kappa shape index (κ1) is 33.3. The summed E-state index contributed by atoms with van der Waals surface area (Å²) in [4.78, 5) is 7.26. The van der Waals surface area contributed by atoms with Crippen LogP contribution in [0.1, 0.15) is 0 Å². The van der Waals surface area contributed by atoms with Gasteiger partial charge in [-0.05, 0) is 34.4 Å². The van der Waals surface area contributed by atoms with E-state index in [9.17, 15) is 18.6 Å². The van der Waals surface area contributed by atoms with Crippen LogP contribution in [0.4, 0.5) is 0 Å². The summed E-state index contributed by atoms with van der Waals surface area (Å²) in [5.74, 6) is -1.23. The SMILES string of the molecule is C=O.O=S(=O)(c1ccccc1[O-])c1ccccc1[O-].[NH4+].[Na+].c1ccc(-c2ccccc2-c2ccccc2)cc1. The van der Waals surface area contributed by atoms with Gasteiger partial charge in [0.1, 0.15) is 6.79 Å². The topological polar surface area (TPSA) is 134 Å². The van der Waals surface area contributed by atoms with Crippen LogP contribution < -0.4 is 45.9 Å². The zero-order valence-electron chi connectivity index (χ0n) is 21.9. The largest absolute Gasteiger partial charge is 1.00 e. The van der Waals surface area contributed by atoms with Gasteiger partial charge in [-0.25, -0.2) is 8.42 Å². The molecule has 0 atom stereocenters. The zero-order chi connectivity index (χ0) is 26.7. The first-order valence-electron chi connectivity index (χ1n) is 11.2. The molecule has 0 saturated carbocycles. The number of hydrogen-bond donors (Lipinski definition) is 1. The summed E-state index contributed by atoms with van der Waals surface area (Å²) in [7, 11) is -4.03. The first-order chi connectivity index (χ1) is 18.0. The molecule has 0 heterocycles. The van der Waals surface area contributed by atoms with Gasteiger partial charge in [-0.2, -0.15) is 0 Å². The van der Waals surface area contributed by atoms with Crippen molar-refractivity contribution >= 4 is 16.6 Å². The summed E-state index contributed by atoms with van der Waals surface area (Å²) in [6.45, 7) is 2.00. The van der Waals surface area contributed by atoms with Crippen LogP contribution in [0.5, 0.6) is 11.5 Å². The summed E-state index contributed by atoms with van der Waals surface area (Å²) < 4.78 is 24.2. The van der Waals surface area contributed by atoms with Gasteiger partial charge in [0.2, 0.25) is 9.84 Å². The predicted molar refractivity (Wildman–Crippen MR) is 148 cm³/mol. The Hall–Kier alpha value is -3.72. The van der Waals surface area contributed by atoms with Gasteiger partial charge in [-0.15, -0.1) is 0 Å². The number of quaternary nitrogens is 1. The van der Waals surface area contributed by atoms with E-state index in [4.69, 9.17) is 4.79 Å². The third kappa shape index (κ3) is 8.38. The van der Waals surface area contributed by atoms with Crippen molar-refractivity contribution in [2.45, 2.75) is 9.79 Å². The van der Waals surface area contributed by atoms with Gasteiger partial charge in [-0.3, -0.25) is 0 Å². The summed E-state index contributed by atoms with van der Waals surface area (Å²) in [6, 6.07) is 40.1. The Kier molecular flexibility index (Phi) is 13.9. The van der Waals surface area contributed by atoms with E-state index in [2.05, 4.69) is 84.9 Å². The van der Waals surface area contributed by atoms with Crippen molar-refractivity contribution in [1.82, 2.24) is 6.15 Å². The van der Waals surface area contributed by atoms with E-state index in [0.717, 1.165) is 12.1 Å². The minimum absolute atomic E-state index is 0. The van der Waals surface area contributed by atoms with E-state index in [1.807, 2.05) is 6.79 Å². The molecule has 0 bridgehead atoms. The molecule has 0 fully saturated rings. The first-order valence-corrected chi connectivity index (χ1v) is 12.7. The number of carbonyl (C=O) groups is 1. The van der Waals surface area contributed by atoms with Crippen LogP contribution in [0.2, 0.25) is 0 Å². The van der Waals surface area contributed by atoms with Gasteiger partial charge in [0.15, 0.2) is 0 Å². The van der Waals surface area contributed by atoms with E-state index >= 15 is 0 Å². The summed E-state index contributed by atoms with van der Waals surface area (Å²) in [5.41, 5.74) is 5.09. The molecule has 0 radical (unpaired) electrons. The van der Waals surface area contributed by atoms with Gasteiger partial charge < -0.3 is 21.2 Å². The summed E-state index contributed by atoms with van der Waals surface area (Å²) in [5, 5.41) is 22.9. The fourth-order valence-electron chi connectivity index (χ4n) is 3.68. The fraction of sp³-hybridized carbons (Fsp3) is 0. The zero-order valence-corrected chi connectivity index (χ0v) is 24.7. The molecule has 39 heavy (non-hydrogen) atoms. The number of hydrogen-bond acceptors (Lipinski definition) is 5. The molecule has 4 N–H and O–H groups in total. The second-order valence-corrected chi connectivity index (χ2v) is 9.56. The van der Waals surface area contributed by atoms with Crippen molar-refractivity contribution in [2.75, 3.05) is 0 Å². The van der Waals surface area contributed by atoms with Crippen molar-refractivity contribution in [3.63, 3.8) is 0 Å². The molecule has 0 aliphatic carbocycles. The van der Waals surface area contributed by atoms with Crippen molar-refractivity contribution in [3.05, 3.63) is 133 Å². The van der Waals surface area contributed by atoms with E-state index in [-0.39, 0.29) is 45.5 Å². The van der Waals surface area contributed by atoms with Gasteiger partial charge in [-0.1, -0.05) is 133 Å². The van der Waals surface area contributed by atoms with Gasteiger partial charge >= 0.3 is 29.6 Å². The van der Waals surface area contributed by atoms with E-state index < -0.39 is 21.3 Å².